The lowest BCUT2D eigenvalue weighted by Gasteiger charge is -2.40. The Morgan fingerprint density at radius 3 is 2.38 bits per heavy atom. The number of urea groups is 1. The third kappa shape index (κ3) is 3.27. The van der Waals surface area contributed by atoms with Crippen LogP contribution in [0.3, 0.4) is 0 Å². The molecular weight excluding hydrogens is 310 g/mol. The summed E-state index contributed by atoms with van der Waals surface area (Å²) >= 11 is 0. The number of carbonyl (C=O) groups excluding carboxylic acids is 3. The zero-order valence-electron chi connectivity index (χ0n) is 14.3. The van der Waals surface area contributed by atoms with E-state index in [2.05, 4.69) is 10.6 Å². The highest BCUT2D eigenvalue weighted by molar-refractivity contribution is 6.07. The first kappa shape index (κ1) is 17.2. The van der Waals surface area contributed by atoms with Gasteiger partial charge in [-0.25, -0.2) is 4.79 Å². The number of carbonyl (C=O) groups is 3. The van der Waals surface area contributed by atoms with Gasteiger partial charge in [0, 0.05) is 13.1 Å². The predicted molar refractivity (Wildman–Crippen MR) is 87.0 cm³/mol. The average Bonchev–Trinajstić information content (AvgIpc) is 2.81. The van der Waals surface area contributed by atoms with Crippen LogP contribution in [0.4, 0.5) is 4.79 Å². The Morgan fingerprint density at radius 1 is 1.21 bits per heavy atom. The van der Waals surface area contributed by atoms with E-state index in [9.17, 15) is 19.5 Å². The molecule has 2 saturated heterocycles. The first-order chi connectivity index (χ1) is 11.3. The molecule has 1 saturated carbocycles. The van der Waals surface area contributed by atoms with E-state index in [1.54, 1.807) is 11.8 Å². The summed E-state index contributed by atoms with van der Waals surface area (Å²) in [7, 11) is 0. The molecule has 3 rings (SSSR count). The lowest BCUT2D eigenvalue weighted by atomic mass is 9.78. The Bertz CT molecular complexity index is 536. The summed E-state index contributed by atoms with van der Waals surface area (Å²) < 4.78 is 0. The van der Waals surface area contributed by atoms with E-state index in [0.29, 0.717) is 38.8 Å². The minimum Gasteiger partial charge on any atom is -0.389 e. The second-order valence-electron chi connectivity index (χ2n) is 7.73. The van der Waals surface area contributed by atoms with Crippen molar-refractivity contribution < 1.29 is 19.5 Å². The maximum absolute atomic E-state index is 12.5. The first-order valence-electron chi connectivity index (χ1n) is 8.96. The molecular formula is C17H27N3O4. The molecule has 2 heterocycles. The number of nitrogens with zero attached hydrogens (tertiary/aromatic N) is 1. The molecule has 1 unspecified atom stereocenters. The molecule has 1 atom stereocenters. The van der Waals surface area contributed by atoms with E-state index >= 15 is 0 Å². The maximum atomic E-state index is 12.5. The van der Waals surface area contributed by atoms with Gasteiger partial charge >= 0.3 is 6.03 Å². The van der Waals surface area contributed by atoms with E-state index in [-0.39, 0.29) is 24.2 Å². The van der Waals surface area contributed by atoms with Crippen LogP contribution < -0.4 is 10.6 Å². The lowest BCUT2D eigenvalue weighted by molar-refractivity contribution is -0.139. The van der Waals surface area contributed by atoms with Crippen LogP contribution in [0.15, 0.2) is 0 Å². The molecule has 7 nitrogen and oxygen atoms in total. The summed E-state index contributed by atoms with van der Waals surface area (Å²) in [4.78, 5) is 37.7. The van der Waals surface area contributed by atoms with Gasteiger partial charge in [-0.15, -0.1) is 0 Å². The van der Waals surface area contributed by atoms with Gasteiger partial charge in [0.1, 0.15) is 5.54 Å². The van der Waals surface area contributed by atoms with E-state index in [1.807, 2.05) is 0 Å². The summed E-state index contributed by atoms with van der Waals surface area (Å²) in [6, 6.07) is -0.444. The van der Waals surface area contributed by atoms with Crippen LogP contribution in [-0.2, 0) is 9.59 Å². The Kier molecular flexibility index (Phi) is 4.55. The van der Waals surface area contributed by atoms with Crippen molar-refractivity contribution in [3.05, 3.63) is 0 Å². The summed E-state index contributed by atoms with van der Waals surface area (Å²) in [5.74, 6) is -0.262. The average molecular weight is 337 g/mol. The van der Waals surface area contributed by atoms with Crippen LogP contribution in [0, 0.1) is 5.92 Å². The number of piperidine rings is 1. The zero-order valence-corrected chi connectivity index (χ0v) is 14.3. The van der Waals surface area contributed by atoms with Gasteiger partial charge in [-0.3, -0.25) is 14.9 Å². The molecule has 7 heteroatoms. The second kappa shape index (κ2) is 6.35. The molecule has 0 bridgehead atoms. The van der Waals surface area contributed by atoms with E-state index < -0.39 is 17.2 Å². The molecule has 2 aliphatic heterocycles. The van der Waals surface area contributed by atoms with Gasteiger partial charge in [0.25, 0.3) is 5.91 Å². The number of amides is 4. The number of hydrogen-bond donors (Lipinski definition) is 3. The number of imide groups is 1. The third-order valence-electron chi connectivity index (χ3n) is 6.00. The molecule has 0 aromatic carbocycles. The Balaban J connectivity index is 1.54. The number of nitrogens with one attached hydrogen (secondary N) is 2. The second-order valence-corrected chi connectivity index (χ2v) is 7.73. The van der Waals surface area contributed by atoms with Crippen molar-refractivity contribution in [2.24, 2.45) is 5.92 Å². The van der Waals surface area contributed by atoms with Gasteiger partial charge in [0.05, 0.1) is 12.0 Å². The van der Waals surface area contributed by atoms with Crippen LogP contribution in [-0.4, -0.2) is 52.1 Å². The van der Waals surface area contributed by atoms with E-state index in [1.165, 1.54) is 0 Å². The number of hydrogen-bond acceptors (Lipinski definition) is 4. The third-order valence-corrected chi connectivity index (χ3v) is 6.00. The van der Waals surface area contributed by atoms with Crippen LogP contribution >= 0.6 is 0 Å². The van der Waals surface area contributed by atoms with Crippen LogP contribution in [0.25, 0.3) is 0 Å². The standard InChI is InChI=1S/C17H27N3O4/c1-16(14(22)18-15(23)19-16)12-5-9-20(10-6-12)13(21)11-17(24)7-3-2-4-8-17/h12,24H,2-11H2,1H3,(H2,18,19,22,23). The molecule has 0 aromatic heterocycles. The molecule has 3 aliphatic rings. The Morgan fingerprint density at radius 2 is 1.83 bits per heavy atom. The molecule has 3 fully saturated rings. The fourth-order valence-corrected chi connectivity index (χ4v) is 4.33. The number of rotatable bonds is 3. The summed E-state index contributed by atoms with van der Waals surface area (Å²) in [6.45, 7) is 2.89. The summed E-state index contributed by atoms with van der Waals surface area (Å²) in [5.41, 5.74) is -1.72. The highest BCUT2D eigenvalue weighted by Gasteiger charge is 2.49. The van der Waals surface area contributed by atoms with Gasteiger partial charge in [0.2, 0.25) is 5.91 Å². The summed E-state index contributed by atoms with van der Waals surface area (Å²) in [6.07, 6.45) is 6.07. The molecule has 24 heavy (non-hydrogen) atoms. The van der Waals surface area contributed by atoms with Gasteiger partial charge in [0.15, 0.2) is 0 Å². The topological polar surface area (TPSA) is 98.7 Å². The minimum atomic E-state index is -0.881. The highest BCUT2D eigenvalue weighted by Crippen LogP contribution is 2.34. The largest absolute Gasteiger partial charge is 0.389 e. The fourth-order valence-electron chi connectivity index (χ4n) is 4.33. The number of likely N-dealkylation sites (tertiary alicyclic amines) is 1. The normalized spacial score (nSPS) is 30.8. The Hall–Kier alpha value is -1.63. The van der Waals surface area contributed by atoms with Crippen molar-refractivity contribution in [1.82, 2.24) is 15.5 Å². The maximum Gasteiger partial charge on any atom is 0.322 e. The van der Waals surface area contributed by atoms with Crippen LogP contribution in [0.1, 0.15) is 58.3 Å². The van der Waals surface area contributed by atoms with Crippen molar-refractivity contribution in [3.63, 3.8) is 0 Å². The minimum absolute atomic E-state index is 0.00270. The highest BCUT2D eigenvalue weighted by atomic mass is 16.3. The molecule has 4 amide bonds. The molecule has 0 spiro atoms. The van der Waals surface area contributed by atoms with Crippen molar-refractivity contribution in [3.8, 4) is 0 Å². The van der Waals surface area contributed by atoms with Crippen molar-refractivity contribution in [2.45, 2.75) is 69.4 Å². The molecule has 0 aromatic rings. The molecule has 0 radical (unpaired) electrons. The van der Waals surface area contributed by atoms with Crippen LogP contribution in [0.5, 0.6) is 0 Å². The Labute approximate surface area is 142 Å². The van der Waals surface area contributed by atoms with Gasteiger partial charge < -0.3 is 15.3 Å². The SMILES string of the molecule is CC1(C2CCN(C(=O)CC3(O)CCCCC3)CC2)NC(=O)NC1=O. The monoisotopic (exact) mass is 337 g/mol. The van der Waals surface area contributed by atoms with Gasteiger partial charge in [-0.1, -0.05) is 19.3 Å². The molecule has 134 valence electrons. The van der Waals surface area contributed by atoms with Crippen molar-refractivity contribution in [2.75, 3.05) is 13.1 Å². The quantitative estimate of drug-likeness (QED) is 0.667. The smallest absolute Gasteiger partial charge is 0.322 e. The van der Waals surface area contributed by atoms with Gasteiger partial charge in [-0.05, 0) is 38.5 Å². The van der Waals surface area contributed by atoms with Crippen LogP contribution in [0.2, 0.25) is 0 Å². The van der Waals surface area contributed by atoms with Gasteiger partial charge in [-0.2, -0.15) is 0 Å². The van der Waals surface area contributed by atoms with Crippen molar-refractivity contribution >= 4 is 17.8 Å². The number of aliphatic hydroxyl groups is 1. The van der Waals surface area contributed by atoms with Crippen molar-refractivity contribution in [1.29, 1.82) is 0 Å². The van der Waals surface area contributed by atoms with E-state index in [4.69, 9.17) is 0 Å². The fraction of sp³-hybridized carbons (Fsp3) is 0.824. The molecule has 1 aliphatic carbocycles. The summed E-state index contributed by atoms with van der Waals surface area (Å²) in [5, 5.41) is 15.6. The molecule has 3 N–H and O–H groups in total. The first-order valence-corrected chi connectivity index (χ1v) is 8.96. The predicted octanol–water partition coefficient (Wildman–Crippen LogP) is 0.908. The zero-order chi connectivity index (χ0) is 17.4. The lowest BCUT2D eigenvalue weighted by Crippen LogP contribution is -2.54. The van der Waals surface area contributed by atoms with E-state index in [0.717, 1.165) is 19.3 Å².